The summed E-state index contributed by atoms with van der Waals surface area (Å²) in [4.78, 5) is 24.4. The van der Waals surface area contributed by atoms with Gasteiger partial charge in [0.05, 0.1) is 13.2 Å². The summed E-state index contributed by atoms with van der Waals surface area (Å²) in [5.41, 5.74) is 0. The molecule has 2 heterocycles. The van der Waals surface area contributed by atoms with Gasteiger partial charge in [0.2, 0.25) is 5.76 Å². The van der Waals surface area contributed by atoms with E-state index in [-0.39, 0.29) is 29.9 Å². The maximum Gasteiger partial charge on any atom is 0.303 e. The minimum absolute atomic E-state index is 0.144. The first-order valence-electron chi connectivity index (χ1n) is 6.12. The molecular weight excluding hydrogens is 252 g/mol. The fourth-order valence-electron chi connectivity index (χ4n) is 2.20. The number of carbonyl (C=O) groups is 2. The molecule has 0 aliphatic carbocycles. The molecule has 0 radical (unpaired) electrons. The maximum atomic E-state index is 12.1. The van der Waals surface area contributed by atoms with Crippen LogP contribution in [0.15, 0.2) is 10.6 Å². The average molecular weight is 268 g/mol. The lowest BCUT2D eigenvalue weighted by Gasteiger charge is -2.30. The SMILES string of the molecule is COc1cc(C(=O)N2CCC(CC(=O)O)CC2)on1. The lowest BCUT2D eigenvalue weighted by atomic mass is 9.93. The highest BCUT2D eigenvalue weighted by molar-refractivity contribution is 5.91. The molecule has 0 spiro atoms. The molecule has 7 heteroatoms. The van der Waals surface area contributed by atoms with E-state index in [2.05, 4.69) is 5.16 Å². The van der Waals surface area contributed by atoms with Gasteiger partial charge in [0.15, 0.2) is 0 Å². The summed E-state index contributed by atoms with van der Waals surface area (Å²) in [6.07, 6.45) is 1.56. The summed E-state index contributed by atoms with van der Waals surface area (Å²) in [6.45, 7) is 1.08. The summed E-state index contributed by atoms with van der Waals surface area (Å²) >= 11 is 0. The number of aliphatic carboxylic acids is 1. The van der Waals surface area contributed by atoms with Crippen molar-refractivity contribution in [3.05, 3.63) is 11.8 Å². The first-order chi connectivity index (χ1) is 9.10. The number of amides is 1. The third kappa shape index (κ3) is 3.24. The first-order valence-corrected chi connectivity index (χ1v) is 6.12. The number of nitrogens with zero attached hydrogens (tertiary/aromatic N) is 2. The van der Waals surface area contributed by atoms with E-state index in [9.17, 15) is 9.59 Å². The second-order valence-corrected chi connectivity index (χ2v) is 4.57. The van der Waals surface area contributed by atoms with E-state index in [1.54, 1.807) is 4.90 Å². The van der Waals surface area contributed by atoms with Crippen molar-refractivity contribution in [3.8, 4) is 5.88 Å². The standard InChI is InChI=1S/C12H16N2O5/c1-18-10-7-9(19-13-10)12(17)14-4-2-8(3-5-14)6-11(15)16/h7-8H,2-6H2,1H3,(H,15,16). The van der Waals surface area contributed by atoms with Crippen LogP contribution >= 0.6 is 0 Å². The smallest absolute Gasteiger partial charge is 0.303 e. The van der Waals surface area contributed by atoms with Crippen LogP contribution in [0, 0.1) is 5.92 Å². The molecule has 1 aromatic heterocycles. The molecule has 0 bridgehead atoms. The number of rotatable bonds is 4. The molecular formula is C12H16N2O5. The van der Waals surface area contributed by atoms with Gasteiger partial charge in [0, 0.05) is 19.5 Å². The van der Waals surface area contributed by atoms with Crippen LogP contribution in [0.4, 0.5) is 0 Å². The molecule has 1 saturated heterocycles. The number of carbonyl (C=O) groups excluding carboxylic acids is 1. The van der Waals surface area contributed by atoms with E-state index in [0.29, 0.717) is 25.9 Å². The van der Waals surface area contributed by atoms with E-state index < -0.39 is 5.97 Å². The van der Waals surface area contributed by atoms with Gasteiger partial charge in [-0.1, -0.05) is 0 Å². The molecule has 7 nitrogen and oxygen atoms in total. The molecule has 1 aromatic rings. The Bertz CT molecular complexity index is 462. The first kappa shape index (κ1) is 13.4. The van der Waals surface area contributed by atoms with Crippen LogP contribution in [-0.4, -0.2) is 47.2 Å². The van der Waals surface area contributed by atoms with Crippen LogP contribution in [0.5, 0.6) is 5.88 Å². The van der Waals surface area contributed by atoms with Crippen molar-refractivity contribution in [2.24, 2.45) is 5.92 Å². The van der Waals surface area contributed by atoms with Gasteiger partial charge in [0.25, 0.3) is 11.8 Å². The second kappa shape index (κ2) is 5.73. The molecule has 2 rings (SSSR count). The quantitative estimate of drug-likeness (QED) is 0.876. The summed E-state index contributed by atoms with van der Waals surface area (Å²) < 4.78 is 9.75. The lowest BCUT2D eigenvalue weighted by Crippen LogP contribution is -2.38. The zero-order chi connectivity index (χ0) is 13.8. The molecule has 1 aliphatic rings. The zero-order valence-corrected chi connectivity index (χ0v) is 10.7. The monoisotopic (exact) mass is 268 g/mol. The molecule has 19 heavy (non-hydrogen) atoms. The van der Waals surface area contributed by atoms with Crippen molar-refractivity contribution >= 4 is 11.9 Å². The molecule has 0 unspecified atom stereocenters. The van der Waals surface area contributed by atoms with Gasteiger partial charge in [-0.3, -0.25) is 9.59 Å². The number of aromatic nitrogens is 1. The Morgan fingerprint density at radius 2 is 2.21 bits per heavy atom. The van der Waals surface area contributed by atoms with E-state index in [0.717, 1.165) is 0 Å². The Hall–Kier alpha value is -2.05. The minimum Gasteiger partial charge on any atom is -0.481 e. The zero-order valence-electron chi connectivity index (χ0n) is 10.7. The van der Waals surface area contributed by atoms with Gasteiger partial charge >= 0.3 is 5.97 Å². The van der Waals surface area contributed by atoms with Gasteiger partial charge < -0.3 is 19.3 Å². The Labute approximate surface area is 110 Å². The largest absolute Gasteiger partial charge is 0.481 e. The Morgan fingerprint density at radius 3 is 2.74 bits per heavy atom. The minimum atomic E-state index is -0.787. The summed E-state index contributed by atoms with van der Waals surface area (Å²) in [5, 5.41) is 12.3. The van der Waals surface area contributed by atoms with Gasteiger partial charge in [-0.15, -0.1) is 0 Å². The van der Waals surface area contributed by atoms with E-state index in [4.69, 9.17) is 14.4 Å². The van der Waals surface area contributed by atoms with Crippen molar-refractivity contribution in [1.29, 1.82) is 0 Å². The van der Waals surface area contributed by atoms with Gasteiger partial charge in [-0.05, 0) is 23.9 Å². The summed E-state index contributed by atoms with van der Waals surface area (Å²) in [5.74, 6) is -0.460. The Kier molecular flexibility index (Phi) is 4.03. The van der Waals surface area contributed by atoms with Gasteiger partial charge in [-0.2, -0.15) is 0 Å². The van der Waals surface area contributed by atoms with E-state index in [1.165, 1.54) is 13.2 Å². The second-order valence-electron chi connectivity index (χ2n) is 4.57. The number of hydrogen-bond donors (Lipinski definition) is 1. The van der Waals surface area contributed by atoms with Crippen LogP contribution in [0.25, 0.3) is 0 Å². The molecule has 1 amide bonds. The fraction of sp³-hybridized carbons (Fsp3) is 0.583. The summed E-state index contributed by atoms with van der Waals surface area (Å²) in [6, 6.07) is 1.45. The van der Waals surface area contributed by atoms with Crippen molar-refractivity contribution in [2.45, 2.75) is 19.3 Å². The topological polar surface area (TPSA) is 92.9 Å². The highest BCUT2D eigenvalue weighted by Gasteiger charge is 2.27. The van der Waals surface area contributed by atoms with Crippen molar-refractivity contribution in [3.63, 3.8) is 0 Å². The lowest BCUT2D eigenvalue weighted by molar-refractivity contribution is -0.138. The van der Waals surface area contributed by atoms with Crippen molar-refractivity contribution in [1.82, 2.24) is 10.1 Å². The normalized spacial score (nSPS) is 16.4. The molecule has 1 fully saturated rings. The Morgan fingerprint density at radius 1 is 1.53 bits per heavy atom. The number of methoxy groups -OCH3 is 1. The number of carboxylic acids is 1. The number of ether oxygens (including phenoxy) is 1. The number of carboxylic acid groups (broad SMARTS) is 1. The highest BCUT2D eigenvalue weighted by atomic mass is 16.5. The van der Waals surface area contributed by atoms with E-state index >= 15 is 0 Å². The molecule has 104 valence electrons. The highest BCUT2D eigenvalue weighted by Crippen LogP contribution is 2.22. The average Bonchev–Trinajstić information content (AvgIpc) is 2.87. The predicted molar refractivity (Wildman–Crippen MR) is 63.9 cm³/mol. The summed E-state index contributed by atoms with van der Waals surface area (Å²) in [7, 11) is 1.45. The predicted octanol–water partition coefficient (Wildman–Crippen LogP) is 1.01. The van der Waals surface area contributed by atoms with Gasteiger partial charge in [-0.25, -0.2) is 0 Å². The maximum absolute atomic E-state index is 12.1. The van der Waals surface area contributed by atoms with Crippen LogP contribution in [-0.2, 0) is 4.79 Å². The van der Waals surface area contributed by atoms with Crippen LogP contribution in [0.1, 0.15) is 29.8 Å². The van der Waals surface area contributed by atoms with Crippen LogP contribution < -0.4 is 4.74 Å². The molecule has 0 aromatic carbocycles. The number of piperidine rings is 1. The molecule has 1 aliphatic heterocycles. The number of hydrogen-bond acceptors (Lipinski definition) is 5. The Balaban J connectivity index is 1.90. The van der Waals surface area contributed by atoms with Crippen molar-refractivity contribution in [2.75, 3.05) is 20.2 Å². The molecule has 0 saturated carbocycles. The third-order valence-electron chi connectivity index (χ3n) is 3.27. The molecule has 1 N–H and O–H groups in total. The number of likely N-dealkylation sites (tertiary alicyclic amines) is 1. The fourth-order valence-corrected chi connectivity index (χ4v) is 2.20. The van der Waals surface area contributed by atoms with Crippen LogP contribution in [0.3, 0.4) is 0 Å². The van der Waals surface area contributed by atoms with Crippen LogP contribution in [0.2, 0.25) is 0 Å². The van der Waals surface area contributed by atoms with Gasteiger partial charge in [0.1, 0.15) is 0 Å². The van der Waals surface area contributed by atoms with Crippen molar-refractivity contribution < 1.29 is 24.0 Å². The molecule has 0 atom stereocenters. The van der Waals surface area contributed by atoms with E-state index in [1.807, 2.05) is 0 Å². The third-order valence-corrected chi connectivity index (χ3v) is 3.27.